The van der Waals surface area contributed by atoms with Crippen LogP contribution in [0.15, 0.2) is 0 Å². The lowest BCUT2D eigenvalue weighted by Crippen LogP contribution is -2.23. The summed E-state index contributed by atoms with van der Waals surface area (Å²) >= 11 is 3.75. The summed E-state index contributed by atoms with van der Waals surface area (Å²) in [5.41, 5.74) is 0. The van der Waals surface area contributed by atoms with Crippen LogP contribution in [0.4, 0.5) is 0 Å². The number of nitrogens with one attached hydrogen (secondary N) is 1. The van der Waals surface area contributed by atoms with Crippen LogP contribution in [0.3, 0.4) is 0 Å². The van der Waals surface area contributed by atoms with E-state index in [4.69, 9.17) is 10.2 Å². The molecule has 0 aromatic heterocycles. The first-order valence-corrected chi connectivity index (χ1v) is 3.98. The van der Waals surface area contributed by atoms with E-state index in [-0.39, 0.29) is 6.54 Å². The van der Waals surface area contributed by atoms with E-state index in [9.17, 15) is 9.59 Å². The molecule has 0 aliphatic carbocycles. The molecule has 0 heterocycles. The van der Waals surface area contributed by atoms with E-state index in [1.165, 1.54) is 13.8 Å². The number of likely N-dealkylation sites (N-methyl/N-ethyl adjacent to an activating group) is 1. The molecule has 0 unspecified atom stereocenters. The summed E-state index contributed by atoms with van der Waals surface area (Å²) in [4.78, 5) is 19.5. The maximum atomic E-state index is 9.94. The van der Waals surface area contributed by atoms with Gasteiger partial charge in [-0.2, -0.15) is 12.6 Å². The third-order valence-corrected chi connectivity index (χ3v) is 1.04. The second-order valence-corrected chi connectivity index (χ2v) is 3.91. The summed E-state index contributed by atoms with van der Waals surface area (Å²) in [6, 6.07) is 0. The minimum atomic E-state index is -0.893. The summed E-state index contributed by atoms with van der Waals surface area (Å²) in [6.07, 6.45) is 0. The normalized spacial score (nSPS) is 9.85. The van der Waals surface area contributed by atoms with Crippen molar-refractivity contribution in [2.45, 2.75) is 18.6 Å². The van der Waals surface area contributed by atoms with Gasteiger partial charge in [-0.05, 0) is 20.9 Å². The van der Waals surface area contributed by atoms with Gasteiger partial charge in [0.15, 0.2) is 0 Å². The van der Waals surface area contributed by atoms with Gasteiger partial charge in [-0.25, -0.2) is 0 Å². The Morgan fingerprint density at radius 1 is 1.38 bits per heavy atom. The largest absolute Gasteiger partial charge is 0.480 e. The molecule has 0 bridgehead atoms. The van der Waals surface area contributed by atoms with E-state index in [0.717, 1.165) is 0 Å². The molecule has 6 heteroatoms. The molecule has 0 aromatic carbocycles. The van der Waals surface area contributed by atoms with Gasteiger partial charge in [-0.3, -0.25) is 9.59 Å². The average Bonchev–Trinajstić information content (AvgIpc) is 1.85. The summed E-state index contributed by atoms with van der Waals surface area (Å²) < 4.78 is -0.889. The van der Waals surface area contributed by atoms with Crippen molar-refractivity contribution in [1.82, 2.24) is 5.32 Å². The minimum absolute atomic E-state index is 0.0417. The zero-order valence-electron chi connectivity index (χ0n) is 7.87. The van der Waals surface area contributed by atoms with Gasteiger partial charge in [0.1, 0.15) is 4.75 Å². The highest BCUT2D eigenvalue weighted by Crippen LogP contribution is 2.10. The van der Waals surface area contributed by atoms with Crippen molar-refractivity contribution in [2.24, 2.45) is 0 Å². The predicted octanol–water partition coefficient (Wildman–Crippen LogP) is 0.0698. The second kappa shape index (κ2) is 6.73. The molecular formula is C7H15NO4S. The number of carbonyl (C=O) groups is 2. The van der Waals surface area contributed by atoms with Crippen LogP contribution in [0, 0.1) is 0 Å². The smallest absolute Gasteiger partial charge is 0.318 e. The van der Waals surface area contributed by atoms with Crippen LogP contribution in [-0.2, 0) is 9.59 Å². The van der Waals surface area contributed by atoms with Crippen LogP contribution in [-0.4, -0.2) is 40.5 Å². The van der Waals surface area contributed by atoms with Gasteiger partial charge >= 0.3 is 11.9 Å². The lowest BCUT2D eigenvalue weighted by Gasteiger charge is -2.07. The Balaban J connectivity index is 0. The molecule has 0 amide bonds. The van der Waals surface area contributed by atoms with E-state index >= 15 is 0 Å². The summed E-state index contributed by atoms with van der Waals surface area (Å²) in [5, 5.41) is 18.5. The van der Waals surface area contributed by atoms with Gasteiger partial charge in [0.25, 0.3) is 0 Å². The van der Waals surface area contributed by atoms with Crippen molar-refractivity contribution >= 4 is 24.6 Å². The first-order valence-electron chi connectivity index (χ1n) is 3.54. The van der Waals surface area contributed by atoms with Crippen molar-refractivity contribution in [2.75, 3.05) is 13.6 Å². The Labute approximate surface area is 82.6 Å². The minimum Gasteiger partial charge on any atom is -0.480 e. The number of rotatable bonds is 3. The highest BCUT2D eigenvalue weighted by atomic mass is 32.1. The van der Waals surface area contributed by atoms with Crippen molar-refractivity contribution in [3.05, 3.63) is 0 Å². The molecule has 0 aliphatic heterocycles. The van der Waals surface area contributed by atoms with Crippen LogP contribution >= 0.6 is 12.6 Å². The zero-order chi connectivity index (χ0) is 11.1. The number of hydrogen-bond donors (Lipinski definition) is 4. The van der Waals surface area contributed by atoms with Crippen LogP contribution < -0.4 is 5.32 Å². The third-order valence-electron chi connectivity index (χ3n) is 0.851. The van der Waals surface area contributed by atoms with Crippen molar-refractivity contribution in [3.63, 3.8) is 0 Å². The number of carboxylic acids is 2. The van der Waals surface area contributed by atoms with Gasteiger partial charge in [0.05, 0.1) is 6.54 Å². The fraction of sp³-hybridized carbons (Fsp3) is 0.714. The van der Waals surface area contributed by atoms with Crippen LogP contribution in [0.5, 0.6) is 0 Å². The van der Waals surface area contributed by atoms with Crippen molar-refractivity contribution in [1.29, 1.82) is 0 Å². The third kappa shape index (κ3) is 14.1. The summed E-state index contributed by atoms with van der Waals surface area (Å²) in [7, 11) is 1.59. The van der Waals surface area contributed by atoms with E-state index in [1.807, 2.05) is 0 Å². The lowest BCUT2D eigenvalue weighted by molar-refractivity contribution is -0.139. The molecule has 0 fully saturated rings. The second-order valence-electron chi connectivity index (χ2n) is 2.79. The van der Waals surface area contributed by atoms with E-state index < -0.39 is 16.7 Å². The van der Waals surface area contributed by atoms with E-state index in [0.29, 0.717) is 0 Å². The van der Waals surface area contributed by atoms with Crippen molar-refractivity contribution < 1.29 is 19.8 Å². The van der Waals surface area contributed by atoms with Crippen LogP contribution in [0.2, 0.25) is 0 Å². The van der Waals surface area contributed by atoms with Crippen molar-refractivity contribution in [3.8, 4) is 0 Å². The number of hydrogen-bond acceptors (Lipinski definition) is 4. The maximum absolute atomic E-state index is 9.94. The zero-order valence-corrected chi connectivity index (χ0v) is 8.76. The first-order chi connectivity index (χ1) is 5.71. The molecule has 3 N–H and O–H groups in total. The predicted molar refractivity (Wildman–Crippen MR) is 52.3 cm³/mol. The molecule has 0 spiro atoms. The Morgan fingerprint density at radius 3 is 1.69 bits per heavy atom. The van der Waals surface area contributed by atoms with Gasteiger partial charge in [0, 0.05) is 0 Å². The molecule has 0 aliphatic rings. The molecule has 5 nitrogen and oxygen atoms in total. The maximum Gasteiger partial charge on any atom is 0.318 e. The summed E-state index contributed by atoms with van der Waals surface area (Å²) in [6.45, 7) is 3.09. The number of thiol groups is 1. The number of aliphatic carboxylic acids is 2. The molecule has 0 saturated carbocycles. The molecular weight excluding hydrogens is 194 g/mol. The fourth-order valence-corrected chi connectivity index (χ4v) is 0.151. The molecule has 78 valence electrons. The highest BCUT2D eigenvalue weighted by Gasteiger charge is 2.20. The monoisotopic (exact) mass is 209 g/mol. The van der Waals surface area contributed by atoms with Gasteiger partial charge in [0.2, 0.25) is 0 Å². The SMILES string of the molecule is CC(C)(S)C(=O)O.CNCC(=O)O. The molecule has 0 atom stereocenters. The first kappa shape index (κ1) is 14.8. The Morgan fingerprint density at radius 2 is 1.69 bits per heavy atom. The van der Waals surface area contributed by atoms with E-state index in [1.54, 1.807) is 7.05 Å². The Bertz CT molecular complexity index is 176. The lowest BCUT2D eigenvalue weighted by atomic mass is 10.2. The van der Waals surface area contributed by atoms with Gasteiger partial charge in [-0.15, -0.1) is 0 Å². The van der Waals surface area contributed by atoms with E-state index in [2.05, 4.69) is 17.9 Å². The average molecular weight is 209 g/mol. The molecule has 0 aromatic rings. The van der Waals surface area contributed by atoms with Gasteiger partial charge in [-0.1, -0.05) is 0 Å². The molecule has 13 heavy (non-hydrogen) atoms. The summed E-state index contributed by atoms with van der Waals surface area (Å²) in [5.74, 6) is -1.71. The topological polar surface area (TPSA) is 86.6 Å². The molecule has 0 saturated heterocycles. The quantitative estimate of drug-likeness (QED) is 0.494. The fourth-order valence-electron chi connectivity index (χ4n) is 0.151. The Kier molecular flexibility index (Phi) is 7.64. The van der Waals surface area contributed by atoms with Gasteiger partial charge < -0.3 is 15.5 Å². The molecule has 0 rings (SSSR count). The van der Waals surface area contributed by atoms with Crippen LogP contribution in [0.25, 0.3) is 0 Å². The number of carboxylic acid groups (broad SMARTS) is 2. The molecule has 0 radical (unpaired) electrons. The standard InChI is InChI=1S/C4H8O2S.C3H7NO2/c1-4(2,7)3(5)6;1-4-2-3(5)6/h7H,1-2H3,(H,5,6);4H,2H2,1H3,(H,5,6). The highest BCUT2D eigenvalue weighted by molar-refractivity contribution is 7.82. The van der Waals surface area contributed by atoms with Crippen LogP contribution in [0.1, 0.15) is 13.8 Å². The Hall–Kier alpha value is -0.750.